The smallest absolute Gasteiger partial charge is 0.303 e. The first kappa shape index (κ1) is 12.0. The van der Waals surface area contributed by atoms with Crippen LogP contribution in [0.3, 0.4) is 0 Å². The van der Waals surface area contributed by atoms with Crippen LogP contribution in [0.15, 0.2) is 0 Å². The number of rotatable bonds is 4. The van der Waals surface area contributed by atoms with Crippen LogP contribution in [-0.2, 0) is 9.59 Å². The highest BCUT2D eigenvalue weighted by atomic mass is 16.4. The molecule has 1 aliphatic rings. The highest BCUT2D eigenvalue weighted by molar-refractivity contribution is 5.82. The quantitative estimate of drug-likeness (QED) is 0.692. The Morgan fingerprint density at radius 2 is 2.27 bits per heavy atom. The normalized spacial score (nSPS) is 22.8. The topological polar surface area (TPSA) is 83.6 Å². The second-order valence-electron chi connectivity index (χ2n) is 4.22. The van der Waals surface area contributed by atoms with Gasteiger partial charge in [0, 0.05) is 19.5 Å². The number of hydrogen-bond donors (Lipinski definition) is 2. The second-order valence-corrected chi connectivity index (χ2v) is 4.22. The number of carbonyl (C=O) groups is 2. The van der Waals surface area contributed by atoms with Crippen LogP contribution < -0.4 is 5.73 Å². The van der Waals surface area contributed by atoms with Gasteiger partial charge in [-0.05, 0) is 18.8 Å². The van der Waals surface area contributed by atoms with Gasteiger partial charge in [-0.1, -0.05) is 6.92 Å². The van der Waals surface area contributed by atoms with E-state index < -0.39 is 12.0 Å². The van der Waals surface area contributed by atoms with Gasteiger partial charge in [0.25, 0.3) is 0 Å². The van der Waals surface area contributed by atoms with Crippen LogP contribution in [0.25, 0.3) is 0 Å². The molecule has 86 valence electrons. The molecule has 3 N–H and O–H groups in total. The summed E-state index contributed by atoms with van der Waals surface area (Å²) in [5.74, 6) is -0.491. The molecule has 1 aliphatic heterocycles. The molecular formula is C10H18N2O3. The van der Waals surface area contributed by atoms with Crippen LogP contribution in [-0.4, -0.2) is 41.0 Å². The summed E-state index contributed by atoms with van der Waals surface area (Å²) in [5.41, 5.74) is 5.64. The van der Waals surface area contributed by atoms with Gasteiger partial charge in [-0.25, -0.2) is 0 Å². The molecule has 0 saturated carbocycles. The molecule has 5 heteroatoms. The lowest BCUT2D eigenvalue weighted by molar-refractivity contribution is -0.137. The van der Waals surface area contributed by atoms with Gasteiger partial charge < -0.3 is 15.7 Å². The predicted octanol–water partition coefficient (Wildman–Crippen LogP) is 0.0469. The second kappa shape index (κ2) is 5.11. The van der Waals surface area contributed by atoms with Crippen LogP contribution >= 0.6 is 0 Å². The van der Waals surface area contributed by atoms with Crippen molar-refractivity contribution in [1.82, 2.24) is 4.90 Å². The molecule has 0 radical (unpaired) electrons. The largest absolute Gasteiger partial charge is 0.481 e. The summed E-state index contributed by atoms with van der Waals surface area (Å²) < 4.78 is 0. The maximum absolute atomic E-state index is 11.7. The van der Waals surface area contributed by atoms with Gasteiger partial charge in [0.1, 0.15) is 0 Å². The maximum atomic E-state index is 11.7. The van der Waals surface area contributed by atoms with Crippen molar-refractivity contribution < 1.29 is 14.7 Å². The van der Waals surface area contributed by atoms with E-state index in [1.165, 1.54) is 0 Å². The summed E-state index contributed by atoms with van der Waals surface area (Å²) in [5, 5.41) is 8.47. The number of nitrogens with two attached hydrogens (primary N) is 1. The van der Waals surface area contributed by atoms with Crippen LogP contribution in [0.1, 0.15) is 26.2 Å². The molecule has 1 saturated heterocycles. The Hall–Kier alpha value is -1.10. The third-order valence-corrected chi connectivity index (χ3v) is 2.72. The fourth-order valence-electron chi connectivity index (χ4n) is 1.77. The van der Waals surface area contributed by atoms with Crippen molar-refractivity contribution in [1.29, 1.82) is 0 Å². The molecule has 2 atom stereocenters. The molecule has 0 aromatic carbocycles. The average Bonchev–Trinajstić information content (AvgIpc) is 2.60. The van der Waals surface area contributed by atoms with Crippen molar-refractivity contribution in [3.05, 3.63) is 0 Å². The standard InChI is InChI=1S/C10H18N2O3/c1-7-4-5-12(6-7)10(15)8(11)2-3-9(13)14/h7-8H,2-6,11H2,1H3,(H,13,14). The minimum atomic E-state index is -0.909. The minimum absolute atomic E-state index is 0.0453. The highest BCUT2D eigenvalue weighted by Gasteiger charge is 2.27. The zero-order valence-corrected chi connectivity index (χ0v) is 8.98. The van der Waals surface area contributed by atoms with Gasteiger partial charge in [0.2, 0.25) is 5.91 Å². The molecule has 1 amide bonds. The van der Waals surface area contributed by atoms with Gasteiger partial charge in [-0.15, -0.1) is 0 Å². The Kier molecular flexibility index (Phi) is 4.08. The molecule has 0 bridgehead atoms. The van der Waals surface area contributed by atoms with Crippen LogP contribution in [0.2, 0.25) is 0 Å². The monoisotopic (exact) mass is 214 g/mol. The number of likely N-dealkylation sites (tertiary alicyclic amines) is 1. The minimum Gasteiger partial charge on any atom is -0.481 e. The van der Waals surface area contributed by atoms with Crippen LogP contribution in [0.5, 0.6) is 0 Å². The van der Waals surface area contributed by atoms with E-state index in [1.54, 1.807) is 4.90 Å². The Labute approximate surface area is 89.2 Å². The first-order valence-electron chi connectivity index (χ1n) is 5.27. The van der Waals surface area contributed by atoms with E-state index >= 15 is 0 Å². The van der Waals surface area contributed by atoms with Gasteiger partial charge in [-0.2, -0.15) is 0 Å². The lowest BCUT2D eigenvalue weighted by atomic mass is 10.1. The molecular weight excluding hydrogens is 196 g/mol. The summed E-state index contributed by atoms with van der Waals surface area (Å²) in [6.45, 7) is 3.59. The summed E-state index contributed by atoms with van der Waals surface area (Å²) in [4.78, 5) is 23.8. The van der Waals surface area contributed by atoms with Gasteiger partial charge >= 0.3 is 5.97 Å². The number of hydrogen-bond acceptors (Lipinski definition) is 3. The van der Waals surface area contributed by atoms with E-state index in [4.69, 9.17) is 10.8 Å². The number of carboxylic acid groups (broad SMARTS) is 1. The van der Waals surface area contributed by atoms with Crippen molar-refractivity contribution in [2.45, 2.75) is 32.2 Å². The molecule has 0 spiro atoms. The van der Waals surface area contributed by atoms with E-state index in [1.807, 2.05) is 0 Å². The van der Waals surface area contributed by atoms with Crippen molar-refractivity contribution in [3.8, 4) is 0 Å². The molecule has 0 aliphatic carbocycles. The maximum Gasteiger partial charge on any atom is 0.303 e. The summed E-state index contributed by atoms with van der Waals surface area (Å²) in [6.07, 6.45) is 1.19. The molecule has 5 nitrogen and oxygen atoms in total. The van der Waals surface area contributed by atoms with Crippen molar-refractivity contribution in [2.24, 2.45) is 11.7 Å². The summed E-state index contributed by atoms with van der Waals surface area (Å²) >= 11 is 0. The number of aliphatic carboxylic acids is 1. The molecule has 0 aromatic heterocycles. The molecule has 1 heterocycles. The molecule has 2 unspecified atom stereocenters. The van der Waals surface area contributed by atoms with Crippen molar-refractivity contribution in [2.75, 3.05) is 13.1 Å². The van der Waals surface area contributed by atoms with Gasteiger partial charge in [0.05, 0.1) is 6.04 Å². The fraction of sp³-hybridized carbons (Fsp3) is 0.800. The third kappa shape index (κ3) is 3.51. The zero-order chi connectivity index (χ0) is 11.4. The Morgan fingerprint density at radius 1 is 1.60 bits per heavy atom. The predicted molar refractivity (Wildman–Crippen MR) is 55.2 cm³/mol. The van der Waals surface area contributed by atoms with E-state index in [-0.39, 0.29) is 18.7 Å². The summed E-state index contributed by atoms with van der Waals surface area (Å²) in [7, 11) is 0. The van der Waals surface area contributed by atoms with Crippen LogP contribution in [0.4, 0.5) is 0 Å². The van der Waals surface area contributed by atoms with E-state index in [0.29, 0.717) is 5.92 Å². The lowest BCUT2D eigenvalue weighted by Crippen LogP contribution is -2.42. The Bertz CT molecular complexity index is 255. The van der Waals surface area contributed by atoms with E-state index in [9.17, 15) is 9.59 Å². The number of amides is 1. The number of carboxylic acids is 1. The molecule has 0 aromatic rings. The first-order valence-corrected chi connectivity index (χ1v) is 5.27. The zero-order valence-electron chi connectivity index (χ0n) is 8.98. The van der Waals surface area contributed by atoms with Crippen LogP contribution in [0, 0.1) is 5.92 Å². The molecule has 1 rings (SSSR count). The average molecular weight is 214 g/mol. The number of carbonyl (C=O) groups excluding carboxylic acids is 1. The fourth-order valence-corrected chi connectivity index (χ4v) is 1.77. The lowest BCUT2D eigenvalue weighted by Gasteiger charge is -2.20. The highest BCUT2D eigenvalue weighted by Crippen LogP contribution is 2.16. The number of nitrogens with zero attached hydrogens (tertiary/aromatic N) is 1. The van der Waals surface area contributed by atoms with Gasteiger partial charge in [0.15, 0.2) is 0 Å². The first-order chi connectivity index (χ1) is 7.00. The SMILES string of the molecule is CC1CCN(C(=O)C(N)CCC(=O)O)C1. The third-order valence-electron chi connectivity index (χ3n) is 2.72. The van der Waals surface area contributed by atoms with Crippen molar-refractivity contribution >= 4 is 11.9 Å². The summed E-state index contributed by atoms with van der Waals surface area (Å²) in [6, 6.07) is -0.661. The Morgan fingerprint density at radius 3 is 2.73 bits per heavy atom. The molecule has 15 heavy (non-hydrogen) atoms. The van der Waals surface area contributed by atoms with Gasteiger partial charge in [-0.3, -0.25) is 9.59 Å². The Balaban J connectivity index is 2.35. The van der Waals surface area contributed by atoms with E-state index in [2.05, 4.69) is 6.92 Å². The van der Waals surface area contributed by atoms with Crippen molar-refractivity contribution in [3.63, 3.8) is 0 Å². The van der Waals surface area contributed by atoms with E-state index in [0.717, 1.165) is 19.5 Å². The molecule has 1 fully saturated rings.